The number of hydrogen-bond donors (Lipinski definition) is 0. The van der Waals surface area contributed by atoms with Crippen molar-refractivity contribution < 1.29 is 4.42 Å². The third-order valence-corrected chi connectivity index (χ3v) is 16.8. The Morgan fingerprint density at radius 2 is 1.10 bits per heavy atom. The van der Waals surface area contributed by atoms with Gasteiger partial charge in [0.1, 0.15) is 5.58 Å². The summed E-state index contributed by atoms with van der Waals surface area (Å²) in [4.78, 5) is 0. The van der Waals surface area contributed by atoms with E-state index < -0.39 is 8.07 Å². The van der Waals surface area contributed by atoms with Crippen molar-refractivity contribution in [1.82, 2.24) is 9.13 Å². The molecule has 3 aromatic heterocycles. The van der Waals surface area contributed by atoms with Crippen molar-refractivity contribution in [1.29, 1.82) is 0 Å². The Labute approximate surface area is 282 Å². The maximum atomic E-state index is 7.07. The van der Waals surface area contributed by atoms with Crippen LogP contribution in [-0.4, -0.2) is 23.9 Å². The van der Waals surface area contributed by atoms with E-state index in [4.69, 9.17) is 4.42 Å². The van der Waals surface area contributed by atoms with Crippen LogP contribution < -0.4 is 37.3 Å². The summed E-state index contributed by atoms with van der Waals surface area (Å²) in [6.07, 6.45) is 0. The molecule has 3 aliphatic heterocycles. The van der Waals surface area contributed by atoms with Gasteiger partial charge in [-0.25, -0.2) is 0 Å². The zero-order valence-electron chi connectivity index (χ0n) is 26.3. The Hall–Kier alpha value is -6.04. The van der Waals surface area contributed by atoms with Crippen LogP contribution in [0.1, 0.15) is 0 Å². The highest BCUT2D eigenvalue weighted by molar-refractivity contribution is 7.22. The summed E-state index contributed by atoms with van der Waals surface area (Å²) >= 11 is 0. The van der Waals surface area contributed by atoms with Gasteiger partial charge in [-0.05, 0) is 55.9 Å². The Balaban J connectivity index is 1.35. The van der Waals surface area contributed by atoms with Crippen LogP contribution in [0.25, 0.3) is 66.0 Å². The van der Waals surface area contributed by atoms with Crippen LogP contribution in [0.4, 0.5) is 0 Å². The Morgan fingerprint density at radius 3 is 1.92 bits per heavy atom. The smallest absolute Gasteiger partial charge is 0.297 e. The second-order valence-electron chi connectivity index (χ2n) is 13.9. The van der Waals surface area contributed by atoms with Gasteiger partial charge in [0, 0.05) is 32.6 Å². The predicted octanol–water partition coefficient (Wildman–Crippen LogP) is 5.46. The number of para-hydroxylation sites is 4. The van der Waals surface area contributed by atoms with E-state index in [2.05, 4.69) is 161 Å². The van der Waals surface area contributed by atoms with Crippen LogP contribution in [0.5, 0.6) is 0 Å². The fourth-order valence-electron chi connectivity index (χ4n) is 10.3. The summed E-state index contributed by atoms with van der Waals surface area (Å²) in [6, 6.07) is 57.1. The number of fused-ring (bicyclic) bond motifs is 10. The molecule has 0 saturated heterocycles. The van der Waals surface area contributed by atoms with E-state index in [1.807, 2.05) is 0 Å². The SMILES string of the molecule is c1ccc([Si]2(c3ccccc3)c3cccc4c3-n3c5c2cccc5c2cc5c6ccccc6n6c5c(c23)B4c2oc3ccccc3c2-6)cc1. The fraction of sp³-hybridized carbons (Fsp3) is 0. The fourth-order valence-corrected chi connectivity index (χ4v) is 15.5. The van der Waals surface area contributed by atoms with Gasteiger partial charge in [-0.2, -0.15) is 0 Å². The van der Waals surface area contributed by atoms with Crippen molar-refractivity contribution >= 4 is 107 Å². The average molecular weight is 637 g/mol. The van der Waals surface area contributed by atoms with Crippen molar-refractivity contribution in [3.05, 3.63) is 152 Å². The molecule has 224 valence electrons. The largest absolute Gasteiger partial charge is 0.468 e. The van der Waals surface area contributed by atoms with Crippen molar-refractivity contribution in [3.8, 4) is 11.4 Å². The lowest BCUT2D eigenvalue weighted by molar-refractivity contribution is 0.649. The molecular formula is C44H25BN2OSi. The topological polar surface area (TPSA) is 23.0 Å². The number of hydrogen-bond acceptors (Lipinski definition) is 1. The van der Waals surface area contributed by atoms with E-state index in [1.54, 1.807) is 0 Å². The zero-order chi connectivity index (χ0) is 31.6. The maximum absolute atomic E-state index is 7.07. The second kappa shape index (κ2) is 8.33. The van der Waals surface area contributed by atoms with E-state index in [1.165, 1.54) is 92.0 Å². The lowest BCUT2D eigenvalue weighted by atomic mass is 9.36. The molecule has 0 radical (unpaired) electrons. The molecule has 0 fully saturated rings. The molecule has 3 aliphatic rings. The number of aromatic nitrogens is 2. The first-order chi connectivity index (χ1) is 24.4. The van der Waals surface area contributed by atoms with Gasteiger partial charge in [-0.3, -0.25) is 0 Å². The van der Waals surface area contributed by atoms with Crippen molar-refractivity contribution in [2.75, 3.05) is 0 Å². The number of rotatable bonds is 2. The standard InChI is InChI=1S/C44H25BN2OSi/c1-3-13-26(14-4-1)49(27-15-5-2-6-16-27)36-23-11-19-29-32-25-31-28-17-7-9-21-34(28)46-40(31)38-41(32)47(39(29)36)43-33(20-12-24-37(43)49)45(38)44-42(46)30-18-8-10-22-35(30)48-44/h1-25H. The Morgan fingerprint density at radius 1 is 0.469 bits per heavy atom. The van der Waals surface area contributed by atoms with Crippen LogP contribution in [-0.2, 0) is 0 Å². The van der Waals surface area contributed by atoms with Gasteiger partial charge >= 0.3 is 0 Å². The lowest BCUT2D eigenvalue weighted by Gasteiger charge is -2.42. The first kappa shape index (κ1) is 25.0. The average Bonchev–Trinajstić information content (AvgIpc) is 3.83. The van der Waals surface area contributed by atoms with Crippen LogP contribution in [0, 0.1) is 0 Å². The minimum atomic E-state index is -2.77. The molecule has 6 heterocycles. The monoisotopic (exact) mass is 636 g/mol. The van der Waals surface area contributed by atoms with Crippen molar-refractivity contribution in [2.45, 2.75) is 0 Å². The molecule has 5 heteroatoms. The van der Waals surface area contributed by atoms with Crippen molar-refractivity contribution in [3.63, 3.8) is 0 Å². The molecule has 0 aliphatic carbocycles. The molecule has 7 aromatic carbocycles. The van der Waals surface area contributed by atoms with Gasteiger partial charge in [0.2, 0.25) is 0 Å². The number of nitrogens with zero attached hydrogens (tertiary/aromatic N) is 2. The van der Waals surface area contributed by atoms with E-state index >= 15 is 0 Å². The summed E-state index contributed by atoms with van der Waals surface area (Å²) in [5, 5.41) is 12.2. The highest BCUT2D eigenvalue weighted by Crippen LogP contribution is 2.44. The minimum Gasteiger partial charge on any atom is -0.468 e. The summed E-state index contributed by atoms with van der Waals surface area (Å²) in [5.41, 5.74) is 12.5. The molecule has 0 atom stereocenters. The highest BCUT2D eigenvalue weighted by atomic mass is 28.3. The molecule has 10 aromatic rings. The Bertz CT molecular complexity index is 3080. The normalized spacial score (nSPS) is 14.7. The van der Waals surface area contributed by atoms with Crippen LogP contribution in [0.3, 0.4) is 0 Å². The predicted molar refractivity (Wildman–Crippen MR) is 207 cm³/mol. The molecule has 0 saturated carbocycles. The molecule has 0 spiro atoms. The molecule has 0 unspecified atom stereocenters. The summed E-state index contributed by atoms with van der Waals surface area (Å²) in [5.74, 6) is 0. The van der Waals surface area contributed by atoms with Gasteiger partial charge in [-0.1, -0.05) is 127 Å². The molecule has 0 amide bonds. The van der Waals surface area contributed by atoms with Crippen LogP contribution >= 0.6 is 0 Å². The third-order valence-electron chi connectivity index (χ3n) is 11.9. The maximum Gasteiger partial charge on any atom is 0.297 e. The highest BCUT2D eigenvalue weighted by Gasteiger charge is 2.52. The van der Waals surface area contributed by atoms with E-state index in [9.17, 15) is 0 Å². The van der Waals surface area contributed by atoms with Gasteiger partial charge in [0.25, 0.3) is 6.71 Å². The number of furan rings is 1. The summed E-state index contributed by atoms with van der Waals surface area (Å²) < 4.78 is 12.3. The quantitative estimate of drug-likeness (QED) is 0.231. The minimum absolute atomic E-state index is 0.0306. The first-order valence-electron chi connectivity index (χ1n) is 17.2. The molecule has 0 N–H and O–H groups in total. The molecule has 0 bridgehead atoms. The van der Waals surface area contributed by atoms with E-state index in [0.717, 1.165) is 11.2 Å². The second-order valence-corrected chi connectivity index (χ2v) is 17.7. The van der Waals surface area contributed by atoms with E-state index in [0.29, 0.717) is 0 Å². The lowest BCUT2D eigenvalue weighted by Crippen LogP contribution is -2.78. The first-order valence-corrected chi connectivity index (χ1v) is 19.2. The zero-order valence-corrected chi connectivity index (χ0v) is 27.3. The molecule has 3 nitrogen and oxygen atoms in total. The van der Waals surface area contributed by atoms with Gasteiger partial charge in [-0.15, -0.1) is 0 Å². The van der Waals surface area contributed by atoms with E-state index in [-0.39, 0.29) is 6.71 Å². The van der Waals surface area contributed by atoms with Gasteiger partial charge < -0.3 is 13.6 Å². The molecule has 13 rings (SSSR count). The van der Waals surface area contributed by atoms with Crippen LogP contribution in [0.2, 0.25) is 0 Å². The van der Waals surface area contributed by atoms with Gasteiger partial charge in [0.05, 0.1) is 33.4 Å². The Kier molecular flexibility index (Phi) is 4.25. The van der Waals surface area contributed by atoms with Crippen molar-refractivity contribution in [2.24, 2.45) is 0 Å². The molecule has 49 heavy (non-hydrogen) atoms. The summed E-state index contributed by atoms with van der Waals surface area (Å²) in [7, 11) is -2.77. The van der Waals surface area contributed by atoms with Gasteiger partial charge in [0.15, 0.2) is 8.07 Å². The molecular weight excluding hydrogens is 611 g/mol. The number of benzene rings is 7. The summed E-state index contributed by atoms with van der Waals surface area (Å²) in [6.45, 7) is -0.0306. The third kappa shape index (κ3) is 2.62. The van der Waals surface area contributed by atoms with Crippen LogP contribution in [0.15, 0.2) is 156 Å².